The minimum absolute atomic E-state index is 0.0919. The van der Waals surface area contributed by atoms with Crippen LogP contribution < -0.4 is 4.90 Å². The predicted octanol–water partition coefficient (Wildman–Crippen LogP) is 3.37. The number of anilines is 1. The third-order valence-corrected chi connectivity index (χ3v) is 4.86. The molecule has 1 atom stereocenters. The average molecular weight is 404 g/mol. The molecule has 2 aromatic carbocycles. The van der Waals surface area contributed by atoms with Gasteiger partial charge in [-0.3, -0.25) is 9.59 Å². The van der Waals surface area contributed by atoms with Crippen molar-refractivity contribution in [2.75, 3.05) is 11.4 Å². The normalized spacial score (nSPS) is 19.2. The van der Waals surface area contributed by atoms with Crippen LogP contribution in [-0.2, 0) is 10.4 Å². The van der Waals surface area contributed by atoms with Crippen LogP contribution >= 0.6 is 15.9 Å². The maximum Gasteiger partial charge on any atom is 0.264 e. The molecule has 0 aliphatic carbocycles. The molecule has 6 heteroatoms. The number of aliphatic hydroxyl groups is 1. The van der Waals surface area contributed by atoms with Crippen molar-refractivity contribution in [1.82, 2.24) is 0 Å². The minimum Gasteiger partial charge on any atom is -0.507 e. The molecule has 0 bridgehead atoms. The Morgan fingerprint density at radius 1 is 1.24 bits per heavy atom. The van der Waals surface area contributed by atoms with E-state index >= 15 is 0 Å². The summed E-state index contributed by atoms with van der Waals surface area (Å²) >= 11 is 3.35. The van der Waals surface area contributed by atoms with E-state index < -0.39 is 23.7 Å². The topological polar surface area (TPSA) is 77.8 Å². The van der Waals surface area contributed by atoms with E-state index in [1.807, 2.05) is 6.92 Å². The van der Waals surface area contributed by atoms with Crippen molar-refractivity contribution in [2.45, 2.75) is 25.4 Å². The lowest BCUT2D eigenvalue weighted by molar-refractivity contribution is -0.135. The van der Waals surface area contributed by atoms with Crippen LogP contribution in [0.2, 0.25) is 0 Å². The average Bonchev–Trinajstić information content (AvgIpc) is 2.77. The Morgan fingerprint density at radius 3 is 2.64 bits per heavy atom. The molecular formula is C19H18BrNO4. The van der Waals surface area contributed by atoms with Gasteiger partial charge < -0.3 is 15.1 Å². The second kappa shape index (κ2) is 6.61. The van der Waals surface area contributed by atoms with Crippen LogP contribution in [0.1, 0.15) is 35.7 Å². The number of aromatic hydroxyl groups is 1. The fourth-order valence-corrected chi connectivity index (χ4v) is 3.54. The zero-order valence-electron chi connectivity index (χ0n) is 13.7. The zero-order valence-corrected chi connectivity index (χ0v) is 15.3. The molecule has 0 spiro atoms. The van der Waals surface area contributed by atoms with Gasteiger partial charge >= 0.3 is 0 Å². The molecule has 25 heavy (non-hydrogen) atoms. The first-order valence-corrected chi connectivity index (χ1v) is 8.83. The smallest absolute Gasteiger partial charge is 0.264 e. The fraction of sp³-hybridized carbons (Fsp3) is 0.263. The van der Waals surface area contributed by atoms with Crippen molar-refractivity contribution < 1.29 is 19.8 Å². The quantitative estimate of drug-likeness (QED) is 0.750. The Kier molecular flexibility index (Phi) is 4.67. The highest BCUT2D eigenvalue weighted by molar-refractivity contribution is 9.10. The monoisotopic (exact) mass is 403 g/mol. The molecule has 5 nitrogen and oxygen atoms in total. The summed E-state index contributed by atoms with van der Waals surface area (Å²) in [5.74, 6) is -1.16. The largest absolute Gasteiger partial charge is 0.507 e. The van der Waals surface area contributed by atoms with Gasteiger partial charge in [-0.1, -0.05) is 35.0 Å². The molecular weight excluding hydrogens is 386 g/mol. The summed E-state index contributed by atoms with van der Waals surface area (Å²) in [6, 6.07) is 11.3. The highest BCUT2D eigenvalue weighted by Gasteiger charge is 2.50. The fourth-order valence-electron chi connectivity index (χ4n) is 3.18. The lowest BCUT2D eigenvalue weighted by Gasteiger charge is -2.22. The van der Waals surface area contributed by atoms with E-state index in [2.05, 4.69) is 15.9 Å². The summed E-state index contributed by atoms with van der Waals surface area (Å²) in [4.78, 5) is 27.0. The lowest BCUT2D eigenvalue weighted by atomic mass is 9.88. The van der Waals surface area contributed by atoms with E-state index in [-0.39, 0.29) is 11.3 Å². The van der Waals surface area contributed by atoms with E-state index in [9.17, 15) is 19.8 Å². The van der Waals surface area contributed by atoms with E-state index in [4.69, 9.17) is 0 Å². The summed E-state index contributed by atoms with van der Waals surface area (Å²) in [6.45, 7) is 2.40. The van der Waals surface area contributed by atoms with Gasteiger partial charge in [0.25, 0.3) is 5.91 Å². The molecule has 0 fully saturated rings. The van der Waals surface area contributed by atoms with Crippen molar-refractivity contribution >= 4 is 33.3 Å². The van der Waals surface area contributed by atoms with E-state index in [1.165, 1.54) is 17.0 Å². The molecule has 0 aromatic heterocycles. The number of phenols is 1. The van der Waals surface area contributed by atoms with Crippen LogP contribution in [0, 0.1) is 0 Å². The van der Waals surface area contributed by atoms with Crippen LogP contribution in [0.5, 0.6) is 5.75 Å². The van der Waals surface area contributed by atoms with Gasteiger partial charge in [0.15, 0.2) is 11.4 Å². The highest BCUT2D eigenvalue weighted by Crippen LogP contribution is 2.44. The van der Waals surface area contributed by atoms with Crippen LogP contribution in [0.25, 0.3) is 0 Å². The molecule has 2 N–H and O–H groups in total. The number of hydrogen-bond acceptors (Lipinski definition) is 4. The molecule has 0 saturated heterocycles. The number of halogens is 1. The highest BCUT2D eigenvalue weighted by atomic mass is 79.9. The number of nitrogens with zero attached hydrogens (tertiary/aromatic N) is 1. The molecule has 1 heterocycles. The SMILES string of the molecule is CCCN1C(=O)C(O)(CC(=O)c2ccccc2O)c2cc(Br)ccc21. The Hall–Kier alpha value is -2.18. The summed E-state index contributed by atoms with van der Waals surface area (Å²) < 4.78 is 0.714. The standard InChI is InChI=1S/C19H18BrNO4/c1-2-9-21-15-8-7-12(20)10-14(15)19(25,18(21)24)11-17(23)13-5-3-4-6-16(13)22/h3-8,10,22,25H,2,9,11H2,1H3. The van der Waals surface area contributed by atoms with Crippen LogP contribution in [-0.4, -0.2) is 28.4 Å². The second-order valence-corrected chi connectivity index (χ2v) is 7.01. The molecule has 1 unspecified atom stereocenters. The Labute approximate surface area is 154 Å². The molecule has 1 amide bonds. The molecule has 0 saturated carbocycles. The Balaban J connectivity index is 2.03. The molecule has 1 aliphatic rings. The molecule has 0 radical (unpaired) electrons. The van der Waals surface area contributed by atoms with Crippen LogP contribution in [0.3, 0.4) is 0 Å². The second-order valence-electron chi connectivity index (χ2n) is 6.10. The summed E-state index contributed by atoms with van der Waals surface area (Å²) in [5.41, 5.74) is -0.825. The first kappa shape index (κ1) is 17.6. The van der Waals surface area contributed by atoms with E-state index in [0.717, 1.165) is 6.42 Å². The number of carbonyl (C=O) groups is 2. The molecule has 2 aromatic rings. The number of carbonyl (C=O) groups excluding carboxylic acids is 2. The zero-order chi connectivity index (χ0) is 18.2. The molecule has 1 aliphatic heterocycles. The van der Waals surface area contributed by atoms with Gasteiger partial charge in [0.05, 0.1) is 17.7 Å². The summed E-state index contributed by atoms with van der Waals surface area (Å²) in [5, 5.41) is 21.0. The molecule has 130 valence electrons. The molecule has 3 rings (SSSR count). The van der Waals surface area contributed by atoms with Gasteiger partial charge in [-0.2, -0.15) is 0 Å². The van der Waals surface area contributed by atoms with Gasteiger partial charge in [-0.25, -0.2) is 0 Å². The minimum atomic E-state index is -1.94. The number of Topliss-reactive ketones (excluding diaryl/α,β-unsaturated/α-hetero) is 1. The first-order chi connectivity index (χ1) is 11.9. The van der Waals surface area contributed by atoms with Crippen molar-refractivity contribution in [1.29, 1.82) is 0 Å². The number of ketones is 1. The Morgan fingerprint density at radius 2 is 1.96 bits per heavy atom. The van der Waals surface area contributed by atoms with Crippen LogP contribution in [0.15, 0.2) is 46.9 Å². The summed E-state index contributed by atoms with van der Waals surface area (Å²) in [6.07, 6.45) is 0.303. The summed E-state index contributed by atoms with van der Waals surface area (Å²) in [7, 11) is 0. The number of fused-ring (bicyclic) bond motifs is 1. The maximum atomic E-state index is 12.9. The van der Waals surface area contributed by atoms with Crippen molar-refractivity contribution in [3.8, 4) is 5.75 Å². The van der Waals surface area contributed by atoms with E-state index in [1.54, 1.807) is 30.3 Å². The number of benzene rings is 2. The number of hydrogen-bond donors (Lipinski definition) is 2. The van der Waals surface area contributed by atoms with Gasteiger partial charge in [0, 0.05) is 16.6 Å². The number of phenolic OH excluding ortho intramolecular Hbond substituents is 1. The van der Waals surface area contributed by atoms with E-state index in [0.29, 0.717) is 22.3 Å². The maximum absolute atomic E-state index is 12.9. The van der Waals surface area contributed by atoms with Gasteiger partial charge in [-0.15, -0.1) is 0 Å². The lowest BCUT2D eigenvalue weighted by Crippen LogP contribution is -2.42. The third-order valence-electron chi connectivity index (χ3n) is 4.36. The van der Waals surface area contributed by atoms with Crippen LogP contribution in [0.4, 0.5) is 5.69 Å². The number of amides is 1. The third kappa shape index (κ3) is 2.96. The number of rotatable bonds is 5. The van der Waals surface area contributed by atoms with Gasteiger partial charge in [-0.05, 0) is 36.8 Å². The van der Waals surface area contributed by atoms with Gasteiger partial charge in [0.2, 0.25) is 0 Å². The van der Waals surface area contributed by atoms with Crippen molar-refractivity contribution in [3.63, 3.8) is 0 Å². The van der Waals surface area contributed by atoms with Crippen molar-refractivity contribution in [3.05, 3.63) is 58.1 Å². The predicted molar refractivity (Wildman–Crippen MR) is 97.7 cm³/mol. The number of para-hydroxylation sites is 1. The van der Waals surface area contributed by atoms with Gasteiger partial charge in [0.1, 0.15) is 5.75 Å². The Bertz CT molecular complexity index is 851. The first-order valence-electron chi connectivity index (χ1n) is 8.04. The van der Waals surface area contributed by atoms with Crippen molar-refractivity contribution in [2.24, 2.45) is 0 Å².